The van der Waals surface area contributed by atoms with Crippen molar-refractivity contribution in [2.75, 3.05) is 6.54 Å². The van der Waals surface area contributed by atoms with Crippen LogP contribution in [0.25, 0.3) is 0 Å². The standard InChI is InChI=1S/C22H32N2O3/c1-15(16-9-6-5-7-10-16)24-14-18(13-19(24)25)20(17-11-8-12-17)23-21(26)27-22(2,3)4/h5-7,9-10,15,17-18,20H,8,11-14H2,1-4H3,(H,23,26)/t15-,18-,20?/m1/s1. The molecule has 1 saturated heterocycles. The van der Waals surface area contributed by atoms with Gasteiger partial charge >= 0.3 is 6.09 Å². The van der Waals surface area contributed by atoms with Crippen molar-refractivity contribution >= 4 is 12.0 Å². The summed E-state index contributed by atoms with van der Waals surface area (Å²) in [5.41, 5.74) is 0.625. The summed E-state index contributed by atoms with van der Waals surface area (Å²) >= 11 is 0. The van der Waals surface area contributed by atoms with Crippen LogP contribution in [-0.4, -0.2) is 35.1 Å². The lowest BCUT2D eigenvalue weighted by Gasteiger charge is -2.38. The molecule has 3 rings (SSSR count). The fourth-order valence-electron chi connectivity index (χ4n) is 4.15. The van der Waals surface area contributed by atoms with Crippen LogP contribution < -0.4 is 5.32 Å². The number of ether oxygens (including phenoxy) is 1. The summed E-state index contributed by atoms with van der Waals surface area (Å²) in [5.74, 6) is 0.760. The Morgan fingerprint density at radius 1 is 1.19 bits per heavy atom. The van der Waals surface area contributed by atoms with Crippen molar-refractivity contribution in [3.05, 3.63) is 35.9 Å². The predicted molar refractivity (Wildman–Crippen MR) is 105 cm³/mol. The molecule has 3 atom stereocenters. The van der Waals surface area contributed by atoms with E-state index in [0.717, 1.165) is 18.4 Å². The van der Waals surface area contributed by atoms with Gasteiger partial charge in [-0.1, -0.05) is 36.8 Å². The van der Waals surface area contributed by atoms with Crippen molar-refractivity contribution < 1.29 is 14.3 Å². The maximum absolute atomic E-state index is 12.7. The third kappa shape index (κ3) is 4.82. The van der Waals surface area contributed by atoms with Crippen molar-refractivity contribution in [1.82, 2.24) is 10.2 Å². The van der Waals surface area contributed by atoms with Gasteiger partial charge in [0.15, 0.2) is 0 Å². The molecule has 1 heterocycles. The lowest BCUT2D eigenvalue weighted by molar-refractivity contribution is -0.129. The normalized spacial score (nSPS) is 22.9. The van der Waals surface area contributed by atoms with Crippen LogP contribution in [0.4, 0.5) is 4.79 Å². The minimum absolute atomic E-state index is 0.00511. The molecule has 0 radical (unpaired) electrons. The van der Waals surface area contributed by atoms with E-state index >= 15 is 0 Å². The van der Waals surface area contributed by atoms with E-state index < -0.39 is 5.60 Å². The summed E-state index contributed by atoms with van der Waals surface area (Å²) in [5, 5.41) is 3.10. The van der Waals surface area contributed by atoms with E-state index in [2.05, 4.69) is 24.4 Å². The number of carbonyl (C=O) groups is 2. The van der Waals surface area contributed by atoms with Crippen LogP contribution >= 0.6 is 0 Å². The molecule has 1 N–H and O–H groups in total. The second-order valence-corrected chi connectivity index (χ2v) is 8.96. The highest BCUT2D eigenvalue weighted by Gasteiger charge is 2.42. The largest absolute Gasteiger partial charge is 0.444 e. The molecule has 0 bridgehead atoms. The fourth-order valence-corrected chi connectivity index (χ4v) is 4.15. The molecule has 1 unspecified atom stereocenters. The molecule has 0 aromatic heterocycles. The first-order valence-electron chi connectivity index (χ1n) is 10.1. The molecule has 1 aromatic rings. The zero-order chi connectivity index (χ0) is 19.6. The summed E-state index contributed by atoms with van der Waals surface area (Å²) < 4.78 is 5.47. The van der Waals surface area contributed by atoms with Gasteiger partial charge in [0.2, 0.25) is 5.91 Å². The van der Waals surface area contributed by atoms with Crippen LogP contribution in [0.1, 0.15) is 65.0 Å². The Bertz CT molecular complexity index is 664. The molecule has 27 heavy (non-hydrogen) atoms. The number of nitrogens with zero attached hydrogens (tertiary/aromatic N) is 1. The highest BCUT2D eigenvalue weighted by molar-refractivity contribution is 5.79. The van der Waals surface area contributed by atoms with Gasteiger partial charge < -0.3 is 15.0 Å². The number of amides is 2. The highest BCUT2D eigenvalue weighted by Crippen LogP contribution is 2.38. The summed E-state index contributed by atoms with van der Waals surface area (Å²) in [6, 6.07) is 10.2. The maximum atomic E-state index is 12.7. The zero-order valence-electron chi connectivity index (χ0n) is 16.9. The molecule has 0 spiro atoms. The minimum Gasteiger partial charge on any atom is -0.444 e. The second-order valence-electron chi connectivity index (χ2n) is 8.96. The molecule has 2 amide bonds. The van der Waals surface area contributed by atoms with E-state index in [1.165, 1.54) is 6.42 Å². The Kier molecular flexibility index (Phi) is 5.78. The Morgan fingerprint density at radius 3 is 2.41 bits per heavy atom. The van der Waals surface area contributed by atoms with Gasteiger partial charge in [0, 0.05) is 24.9 Å². The van der Waals surface area contributed by atoms with Crippen LogP contribution in [-0.2, 0) is 9.53 Å². The van der Waals surface area contributed by atoms with Crippen molar-refractivity contribution in [3.63, 3.8) is 0 Å². The van der Waals surface area contributed by atoms with E-state index in [1.807, 2.05) is 43.9 Å². The van der Waals surface area contributed by atoms with E-state index in [1.54, 1.807) is 0 Å². The Labute approximate surface area is 162 Å². The lowest BCUT2D eigenvalue weighted by Crippen LogP contribution is -2.49. The topological polar surface area (TPSA) is 58.6 Å². The van der Waals surface area contributed by atoms with Crippen molar-refractivity contribution in [1.29, 1.82) is 0 Å². The van der Waals surface area contributed by atoms with Crippen LogP contribution in [0, 0.1) is 11.8 Å². The van der Waals surface area contributed by atoms with Crippen molar-refractivity contribution in [2.24, 2.45) is 11.8 Å². The third-order valence-corrected chi connectivity index (χ3v) is 5.79. The van der Waals surface area contributed by atoms with E-state index in [0.29, 0.717) is 18.9 Å². The molecule has 5 nitrogen and oxygen atoms in total. The number of alkyl carbamates (subject to hydrolysis) is 1. The number of likely N-dealkylation sites (tertiary alicyclic amines) is 1. The van der Waals surface area contributed by atoms with Gasteiger partial charge in [-0.15, -0.1) is 0 Å². The maximum Gasteiger partial charge on any atom is 0.407 e. The molecule has 148 valence electrons. The minimum atomic E-state index is -0.520. The molecule has 2 fully saturated rings. The number of hydrogen-bond donors (Lipinski definition) is 1. The summed E-state index contributed by atoms with van der Waals surface area (Å²) in [4.78, 5) is 27.0. The number of benzene rings is 1. The van der Waals surface area contributed by atoms with Crippen molar-refractivity contribution in [3.8, 4) is 0 Å². The van der Waals surface area contributed by atoms with Gasteiger partial charge in [-0.2, -0.15) is 0 Å². The van der Waals surface area contributed by atoms with E-state index in [-0.39, 0.29) is 30.0 Å². The molecular weight excluding hydrogens is 340 g/mol. The second kappa shape index (κ2) is 7.91. The van der Waals surface area contributed by atoms with Gasteiger partial charge in [0.05, 0.1) is 6.04 Å². The molecule has 1 saturated carbocycles. The van der Waals surface area contributed by atoms with Gasteiger partial charge in [-0.05, 0) is 52.0 Å². The van der Waals surface area contributed by atoms with E-state index in [4.69, 9.17) is 4.74 Å². The fraction of sp³-hybridized carbons (Fsp3) is 0.636. The highest BCUT2D eigenvalue weighted by atomic mass is 16.6. The molecule has 5 heteroatoms. The first kappa shape index (κ1) is 19.7. The number of nitrogens with one attached hydrogen (secondary N) is 1. The summed E-state index contributed by atoms with van der Waals surface area (Å²) in [6.07, 6.45) is 3.54. The average molecular weight is 373 g/mol. The quantitative estimate of drug-likeness (QED) is 0.839. The molecule has 2 aliphatic rings. The summed E-state index contributed by atoms with van der Waals surface area (Å²) in [7, 11) is 0. The Balaban J connectivity index is 1.69. The SMILES string of the molecule is C[C@H](c1ccccc1)N1C[C@H](C(NC(=O)OC(C)(C)C)C2CCC2)CC1=O. The predicted octanol–water partition coefficient (Wildman–Crippen LogP) is 4.29. The van der Waals surface area contributed by atoms with Gasteiger partial charge in [0.25, 0.3) is 0 Å². The first-order chi connectivity index (χ1) is 12.7. The number of hydrogen-bond acceptors (Lipinski definition) is 3. The van der Waals surface area contributed by atoms with Crippen LogP contribution in [0.2, 0.25) is 0 Å². The smallest absolute Gasteiger partial charge is 0.407 e. The monoisotopic (exact) mass is 372 g/mol. The summed E-state index contributed by atoms with van der Waals surface area (Å²) in [6.45, 7) is 8.37. The van der Waals surface area contributed by atoms with Gasteiger partial charge in [-0.3, -0.25) is 4.79 Å². The zero-order valence-corrected chi connectivity index (χ0v) is 16.9. The number of carbonyl (C=O) groups excluding carboxylic acids is 2. The Morgan fingerprint density at radius 2 is 1.85 bits per heavy atom. The first-order valence-corrected chi connectivity index (χ1v) is 10.1. The lowest BCUT2D eigenvalue weighted by atomic mass is 9.74. The molecule has 1 aromatic carbocycles. The van der Waals surface area contributed by atoms with Crippen LogP contribution in [0.3, 0.4) is 0 Å². The Hall–Kier alpha value is -2.04. The molecular formula is C22H32N2O3. The van der Waals surface area contributed by atoms with Gasteiger partial charge in [-0.25, -0.2) is 4.79 Å². The van der Waals surface area contributed by atoms with Crippen LogP contribution in [0.15, 0.2) is 30.3 Å². The van der Waals surface area contributed by atoms with Gasteiger partial charge in [0.1, 0.15) is 5.60 Å². The van der Waals surface area contributed by atoms with Crippen molar-refractivity contribution in [2.45, 2.75) is 71.1 Å². The molecule has 1 aliphatic carbocycles. The third-order valence-electron chi connectivity index (χ3n) is 5.79. The molecule has 1 aliphatic heterocycles. The van der Waals surface area contributed by atoms with Crippen LogP contribution in [0.5, 0.6) is 0 Å². The number of rotatable bonds is 5. The van der Waals surface area contributed by atoms with E-state index in [9.17, 15) is 9.59 Å². The average Bonchev–Trinajstić information content (AvgIpc) is 2.92.